The van der Waals surface area contributed by atoms with E-state index >= 15 is 0 Å². The van der Waals surface area contributed by atoms with Gasteiger partial charge in [0.05, 0.1) is 11.4 Å². The molecular weight excluding hydrogens is 531 g/mol. The van der Waals surface area contributed by atoms with Gasteiger partial charge in [0.15, 0.2) is 0 Å². The molecule has 0 spiro atoms. The zero-order valence-electron chi connectivity index (χ0n) is 20.0. The van der Waals surface area contributed by atoms with Gasteiger partial charge < -0.3 is 20.5 Å². The molecule has 0 radical (unpaired) electrons. The SMILES string of the molecule is CC(=O)NC(CSc1cccc2nnn(CC(=O)NC(C)c3ccc(OC(F)(F)F)cc3)c(=O)c12)C(=O)O. The van der Waals surface area contributed by atoms with Gasteiger partial charge in [0, 0.05) is 17.6 Å². The van der Waals surface area contributed by atoms with Crippen molar-refractivity contribution < 1.29 is 37.4 Å². The molecule has 2 unspecified atom stereocenters. The fraction of sp³-hybridized carbons (Fsp3) is 0.304. The third-order valence-electron chi connectivity index (χ3n) is 5.08. The second kappa shape index (κ2) is 11.9. The molecule has 202 valence electrons. The molecule has 0 aliphatic carbocycles. The van der Waals surface area contributed by atoms with E-state index in [1.165, 1.54) is 25.1 Å². The average Bonchev–Trinajstić information content (AvgIpc) is 2.82. The number of carbonyl (C=O) groups is 3. The molecule has 11 nitrogen and oxygen atoms in total. The summed E-state index contributed by atoms with van der Waals surface area (Å²) in [6, 6.07) is 7.89. The van der Waals surface area contributed by atoms with Crippen LogP contribution >= 0.6 is 11.8 Å². The Morgan fingerprint density at radius 2 is 1.82 bits per heavy atom. The standard InChI is InChI=1S/C23H22F3N5O6S/c1-12(14-6-8-15(9-7-14)37-23(24,25)26)27-19(33)10-31-21(34)20-16(29-30-31)4-3-5-18(20)38-11-17(22(35)36)28-13(2)32/h3-9,12,17H,10-11H2,1-2H3,(H,27,33)(H,28,32)(H,35,36). The molecule has 15 heteroatoms. The normalized spacial score (nSPS) is 13.0. The van der Waals surface area contributed by atoms with Gasteiger partial charge in [0.1, 0.15) is 23.9 Å². The number of hydrogen-bond acceptors (Lipinski definition) is 8. The summed E-state index contributed by atoms with van der Waals surface area (Å²) in [5.74, 6) is -2.84. The molecule has 0 bridgehead atoms. The maximum atomic E-state index is 13.1. The number of aromatic nitrogens is 3. The lowest BCUT2D eigenvalue weighted by molar-refractivity contribution is -0.274. The summed E-state index contributed by atoms with van der Waals surface area (Å²) in [4.78, 5) is 48.8. The van der Waals surface area contributed by atoms with E-state index in [4.69, 9.17) is 0 Å². The molecule has 2 aromatic carbocycles. The predicted molar refractivity (Wildman–Crippen MR) is 129 cm³/mol. The van der Waals surface area contributed by atoms with E-state index in [0.29, 0.717) is 10.5 Å². The summed E-state index contributed by atoms with van der Waals surface area (Å²) < 4.78 is 41.7. The number of thioether (sulfide) groups is 1. The number of rotatable bonds is 10. The number of benzene rings is 2. The van der Waals surface area contributed by atoms with Crippen molar-refractivity contribution in [1.29, 1.82) is 0 Å². The molecule has 0 saturated heterocycles. The van der Waals surface area contributed by atoms with Crippen molar-refractivity contribution in [3.8, 4) is 5.75 Å². The first-order valence-corrected chi connectivity index (χ1v) is 12.0. The number of fused-ring (bicyclic) bond motifs is 1. The van der Waals surface area contributed by atoms with Gasteiger partial charge in [-0.1, -0.05) is 23.4 Å². The maximum Gasteiger partial charge on any atom is 0.573 e. The van der Waals surface area contributed by atoms with Gasteiger partial charge in [0.25, 0.3) is 5.56 Å². The number of carboxylic acid groups (broad SMARTS) is 1. The van der Waals surface area contributed by atoms with Gasteiger partial charge in [-0.3, -0.25) is 14.4 Å². The van der Waals surface area contributed by atoms with Crippen molar-refractivity contribution in [2.45, 2.75) is 43.7 Å². The first-order chi connectivity index (χ1) is 17.8. The molecule has 0 fully saturated rings. The number of ether oxygens (including phenoxy) is 1. The Morgan fingerprint density at radius 3 is 2.42 bits per heavy atom. The Morgan fingerprint density at radius 1 is 1.13 bits per heavy atom. The molecule has 0 saturated carbocycles. The van der Waals surface area contributed by atoms with Crippen LogP contribution in [-0.4, -0.2) is 56.0 Å². The quantitative estimate of drug-likeness (QED) is 0.321. The summed E-state index contributed by atoms with van der Waals surface area (Å²) in [6.07, 6.45) is -4.82. The number of nitrogens with zero attached hydrogens (tertiary/aromatic N) is 3. The summed E-state index contributed by atoms with van der Waals surface area (Å²) in [6.45, 7) is 2.30. The van der Waals surface area contributed by atoms with Gasteiger partial charge in [0.2, 0.25) is 11.8 Å². The van der Waals surface area contributed by atoms with Crippen LogP contribution in [0.4, 0.5) is 13.2 Å². The lowest BCUT2D eigenvalue weighted by Crippen LogP contribution is -2.41. The van der Waals surface area contributed by atoms with Crippen molar-refractivity contribution in [3.63, 3.8) is 0 Å². The van der Waals surface area contributed by atoms with Gasteiger partial charge in [-0.25, -0.2) is 9.48 Å². The summed E-state index contributed by atoms with van der Waals surface area (Å²) >= 11 is 1.02. The van der Waals surface area contributed by atoms with Crippen LogP contribution in [0.5, 0.6) is 5.75 Å². The smallest absolute Gasteiger partial charge is 0.480 e. The fourth-order valence-corrected chi connectivity index (χ4v) is 4.45. The van der Waals surface area contributed by atoms with E-state index in [1.54, 1.807) is 19.1 Å². The first kappa shape index (κ1) is 28.4. The van der Waals surface area contributed by atoms with Crippen LogP contribution in [-0.2, 0) is 20.9 Å². The third kappa shape index (κ3) is 7.68. The highest BCUT2D eigenvalue weighted by molar-refractivity contribution is 7.99. The molecule has 3 rings (SSSR count). The van der Waals surface area contributed by atoms with E-state index in [9.17, 15) is 37.5 Å². The lowest BCUT2D eigenvalue weighted by atomic mass is 10.1. The van der Waals surface area contributed by atoms with E-state index in [-0.39, 0.29) is 16.7 Å². The molecule has 2 amide bonds. The van der Waals surface area contributed by atoms with Crippen molar-refractivity contribution >= 4 is 40.4 Å². The molecule has 0 aliphatic heterocycles. The highest BCUT2D eigenvalue weighted by atomic mass is 32.2. The minimum atomic E-state index is -4.82. The van der Waals surface area contributed by atoms with Gasteiger partial charge in [-0.15, -0.1) is 30.0 Å². The molecule has 1 aromatic heterocycles. The van der Waals surface area contributed by atoms with E-state index in [0.717, 1.165) is 28.6 Å². The Labute approximate surface area is 217 Å². The Bertz CT molecular complexity index is 1400. The summed E-state index contributed by atoms with van der Waals surface area (Å²) in [5, 5.41) is 22.1. The molecule has 3 aromatic rings. The number of halogens is 3. The third-order valence-corrected chi connectivity index (χ3v) is 6.23. The highest BCUT2D eigenvalue weighted by Gasteiger charge is 2.31. The van der Waals surface area contributed by atoms with E-state index in [2.05, 4.69) is 25.7 Å². The van der Waals surface area contributed by atoms with Crippen LogP contribution in [0.2, 0.25) is 0 Å². The van der Waals surface area contributed by atoms with Crippen LogP contribution in [0, 0.1) is 0 Å². The van der Waals surface area contributed by atoms with Crippen LogP contribution in [0.1, 0.15) is 25.5 Å². The van der Waals surface area contributed by atoms with Crippen LogP contribution in [0.3, 0.4) is 0 Å². The van der Waals surface area contributed by atoms with Crippen LogP contribution in [0.25, 0.3) is 10.9 Å². The van der Waals surface area contributed by atoms with Crippen molar-refractivity contribution in [2.75, 3.05) is 5.75 Å². The fourth-order valence-electron chi connectivity index (χ4n) is 3.37. The average molecular weight is 554 g/mol. The molecule has 3 N–H and O–H groups in total. The molecular formula is C23H22F3N5O6S. The Balaban J connectivity index is 1.73. The first-order valence-electron chi connectivity index (χ1n) is 11.0. The molecule has 2 atom stereocenters. The van der Waals surface area contributed by atoms with Gasteiger partial charge in [-0.05, 0) is 36.8 Å². The van der Waals surface area contributed by atoms with Crippen molar-refractivity contribution in [3.05, 3.63) is 58.4 Å². The number of carboxylic acids is 1. The number of amides is 2. The lowest BCUT2D eigenvalue weighted by Gasteiger charge is -2.16. The number of hydrogen-bond donors (Lipinski definition) is 3. The van der Waals surface area contributed by atoms with Crippen molar-refractivity contribution in [2.24, 2.45) is 0 Å². The maximum absolute atomic E-state index is 13.1. The second-order valence-electron chi connectivity index (χ2n) is 8.01. The number of nitrogens with one attached hydrogen (secondary N) is 2. The van der Waals surface area contributed by atoms with Crippen LogP contribution in [0.15, 0.2) is 52.2 Å². The summed E-state index contributed by atoms with van der Waals surface area (Å²) in [7, 11) is 0. The predicted octanol–water partition coefficient (Wildman–Crippen LogP) is 2.25. The highest BCUT2D eigenvalue weighted by Crippen LogP contribution is 2.26. The summed E-state index contributed by atoms with van der Waals surface area (Å²) in [5.41, 5.74) is 0.0919. The Hall–Kier alpha value is -4.14. The minimum Gasteiger partial charge on any atom is -0.480 e. The zero-order valence-corrected chi connectivity index (χ0v) is 20.8. The van der Waals surface area contributed by atoms with Gasteiger partial charge >= 0.3 is 12.3 Å². The van der Waals surface area contributed by atoms with Crippen molar-refractivity contribution in [1.82, 2.24) is 25.6 Å². The van der Waals surface area contributed by atoms with Crippen LogP contribution < -0.4 is 20.9 Å². The van der Waals surface area contributed by atoms with Gasteiger partial charge in [-0.2, -0.15) is 0 Å². The molecule has 0 aliphatic rings. The number of carbonyl (C=O) groups excluding carboxylic acids is 2. The minimum absolute atomic E-state index is 0.0689. The molecule has 38 heavy (non-hydrogen) atoms. The largest absolute Gasteiger partial charge is 0.573 e. The Kier molecular flexibility index (Phi) is 8.93. The monoisotopic (exact) mass is 553 g/mol. The topological polar surface area (TPSA) is 153 Å². The van der Waals surface area contributed by atoms with E-state index < -0.39 is 54.1 Å². The number of alkyl halides is 3. The zero-order chi connectivity index (χ0) is 28.0. The second-order valence-corrected chi connectivity index (χ2v) is 9.07. The molecule has 1 heterocycles. The number of aliphatic carboxylic acids is 1. The van der Waals surface area contributed by atoms with E-state index in [1.807, 2.05) is 0 Å².